The van der Waals surface area contributed by atoms with Gasteiger partial charge in [-0.3, -0.25) is 0 Å². The first-order valence-electron chi connectivity index (χ1n) is 9.80. The van der Waals surface area contributed by atoms with E-state index in [1.807, 2.05) is 18.3 Å². The minimum Gasteiger partial charge on any atom is -0.356 e. The van der Waals surface area contributed by atoms with E-state index in [4.69, 9.17) is 5.26 Å². The van der Waals surface area contributed by atoms with Crippen molar-refractivity contribution in [2.24, 2.45) is 11.3 Å². The van der Waals surface area contributed by atoms with E-state index in [0.29, 0.717) is 11.5 Å². The van der Waals surface area contributed by atoms with Gasteiger partial charge in [0, 0.05) is 44.0 Å². The Bertz CT molecular complexity index is 1030. The van der Waals surface area contributed by atoms with Crippen LogP contribution in [0.25, 0.3) is 11.0 Å². The Hall–Kier alpha value is -3.14. The molecule has 2 fully saturated rings. The van der Waals surface area contributed by atoms with Crippen LogP contribution < -0.4 is 9.80 Å². The van der Waals surface area contributed by atoms with Gasteiger partial charge < -0.3 is 14.8 Å². The number of rotatable bonds is 2. The summed E-state index contributed by atoms with van der Waals surface area (Å²) in [4.78, 5) is 21.4. The lowest BCUT2D eigenvalue weighted by atomic mass is 9.68. The highest BCUT2D eigenvalue weighted by molar-refractivity contribution is 5.87. The van der Waals surface area contributed by atoms with Crippen LogP contribution in [0.3, 0.4) is 0 Å². The summed E-state index contributed by atoms with van der Waals surface area (Å²) in [6, 6.07) is 8.03. The molecule has 1 N–H and O–H groups in total. The maximum atomic E-state index is 9.01. The van der Waals surface area contributed by atoms with E-state index in [2.05, 4.69) is 48.8 Å². The van der Waals surface area contributed by atoms with E-state index in [-0.39, 0.29) is 5.41 Å². The Balaban J connectivity index is 1.40. The SMILES string of the molecule is C[C@]12CN(c3ccc(C#N)cn3)CC[C@H]1CCN(c1ncnc3[nH]ccc13)C2. The van der Waals surface area contributed by atoms with Crippen LogP contribution in [0.15, 0.2) is 36.9 Å². The molecule has 2 aliphatic rings. The van der Waals surface area contributed by atoms with Crippen LogP contribution in [0.5, 0.6) is 0 Å². The summed E-state index contributed by atoms with van der Waals surface area (Å²) in [6.45, 7) is 6.40. The topological polar surface area (TPSA) is 84.7 Å². The third-order valence-electron chi connectivity index (χ3n) is 6.42. The number of fused-ring (bicyclic) bond motifs is 2. The summed E-state index contributed by atoms with van der Waals surface area (Å²) in [7, 11) is 0. The van der Waals surface area contributed by atoms with Gasteiger partial charge in [-0.15, -0.1) is 0 Å². The summed E-state index contributed by atoms with van der Waals surface area (Å²) >= 11 is 0. The molecule has 0 spiro atoms. The second-order valence-corrected chi connectivity index (χ2v) is 8.23. The molecule has 2 atom stereocenters. The van der Waals surface area contributed by atoms with Crippen LogP contribution >= 0.6 is 0 Å². The number of nitriles is 1. The van der Waals surface area contributed by atoms with Crippen LogP contribution in [0, 0.1) is 22.7 Å². The number of H-pyrrole nitrogens is 1. The van der Waals surface area contributed by atoms with Gasteiger partial charge in [-0.1, -0.05) is 6.92 Å². The number of anilines is 2. The molecule has 0 bridgehead atoms. The average Bonchev–Trinajstić information content (AvgIpc) is 3.21. The van der Waals surface area contributed by atoms with E-state index in [0.717, 1.165) is 48.8 Å². The van der Waals surface area contributed by atoms with Gasteiger partial charge in [-0.05, 0) is 37.0 Å². The molecular formula is C21H23N7. The molecule has 0 saturated carbocycles. The largest absolute Gasteiger partial charge is 0.356 e. The number of nitrogens with zero attached hydrogens (tertiary/aromatic N) is 6. The lowest BCUT2D eigenvalue weighted by Gasteiger charge is -2.52. The molecule has 28 heavy (non-hydrogen) atoms. The molecule has 2 saturated heterocycles. The highest BCUT2D eigenvalue weighted by atomic mass is 15.2. The first-order valence-corrected chi connectivity index (χ1v) is 9.80. The summed E-state index contributed by atoms with van der Waals surface area (Å²) in [5.41, 5.74) is 1.66. The minimum absolute atomic E-state index is 0.166. The number of aromatic nitrogens is 4. The van der Waals surface area contributed by atoms with Crippen LogP contribution in [0.4, 0.5) is 11.6 Å². The van der Waals surface area contributed by atoms with Gasteiger partial charge in [0.15, 0.2) is 0 Å². The van der Waals surface area contributed by atoms with Crippen molar-refractivity contribution in [3.63, 3.8) is 0 Å². The van der Waals surface area contributed by atoms with Gasteiger partial charge in [0.25, 0.3) is 0 Å². The second kappa shape index (κ2) is 6.48. The Labute approximate surface area is 164 Å². The minimum atomic E-state index is 0.166. The molecular weight excluding hydrogens is 350 g/mol. The van der Waals surface area contributed by atoms with E-state index >= 15 is 0 Å². The molecule has 7 heteroatoms. The van der Waals surface area contributed by atoms with Gasteiger partial charge in [-0.2, -0.15) is 5.26 Å². The number of nitrogens with one attached hydrogen (secondary N) is 1. The zero-order valence-corrected chi connectivity index (χ0v) is 16.0. The summed E-state index contributed by atoms with van der Waals surface area (Å²) in [5, 5.41) is 10.1. The Morgan fingerprint density at radius 2 is 1.93 bits per heavy atom. The molecule has 0 radical (unpaired) electrons. The molecule has 0 unspecified atom stereocenters. The fourth-order valence-corrected chi connectivity index (χ4v) is 4.93. The van der Waals surface area contributed by atoms with Crippen molar-refractivity contribution >= 4 is 22.7 Å². The first-order chi connectivity index (χ1) is 13.7. The predicted octanol–water partition coefficient (Wildman–Crippen LogP) is 2.97. The van der Waals surface area contributed by atoms with Crippen LogP contribution in [-0.4, -0.2) is 46.1 Å². The Morgan fingerprint density at radius 3 is 2.71 bits per heavy atom. The number of hydrogen-bond acceptors (Lipinski definition) is 6. The molecule has 0 amide bonds. The standard InChI is InChI=1S/C21H23N7/c1-21-12-27(18-3-2-15(10-22)11-24-18)8-5-16(21)6-9-28(13-21)20-17-4-7-23-19(17)25-14-26-20/h2-4,7,11,14,16H,5-6,8-9,12-13H2,1H3,(H,23,25,26)/t16-,21+/m0/s1. The van der Waals surface area contributed by atoms with Crippen molar-refractivity contribution in [1.82, 2.24) is 19.9 Å². The first kappa shape index (κ1) is 17.0. The number of aromatic amines is 1. The molecule has 3 aromatic heterocycles. The van der Waals surface area contributed by atoms with Crippen molar-refractivity contribution in [3.8, 4) is 6.07 Å². The van der Waals surface area contributed by atoms with Crippen LogP contribution in [0.1, 0.15) is 25.3 Å². The van der Waals surface area contributed by atoms with Crippen molar-refractivity contribution in [3.05, 3.63) is 42.5 Å². The highest BCUT2D eigenvalue weighted by Gasteiger charge is 2.44. The van der Waals surface area contributed by atoms with Crippen LogP contribution in [0.2, 0.25) is 0 Å². The van der Waals surface area contributed by atoms with Gasteiger partial charge in [0.2, 0.25) is 0 Å². The number of hydrogen-bond donors (Lipinski definition) is 1. The molecule has 0 aromatic carbocycles. The molecule has 142 valence electrons. The van der Waals surface area contributed by atoms with Crippen molar-refractivity contribution in [2.45, 2.75) is 19.8 Å². The Kier molecular flexibility index (Phi) is 3.93. The fourth-order valence-electron chi connectivity index (χ4n) is 4.93. The molecule has 5 heterocycles. The molecule has 3 aromatic rings. The highest BCUT2D eigenvalue weighted by Crippen LogP contribution is 2.43. The third-order valence-corrected chi connectivity index (χ3v) is 6.42. The van der Waals surface area contributed by atoms with E-state index < -0.39 is 0 Å². The predicted molar refractivity (Wildman–Crippen MR) is 108 cm³/mol. The van der Waals surface area contributed by atoms with Crippen LogP contribution in [-0.2, 0) is 0 Å². The van der Waals surface area contributed by atoms with Crippen molar-refractivity contribution in [2.75, 3.05) is 36.0 Å². The number of piperidine rings is 2. The zero-order valence-electron chi connectivity index (χ0n) is 16.0. The lowest BCUT2D eigenvalue weighted by molar-refractivity contribution is 0.125. The molecule has 2 aliphatic heterocycles. The fraction of sp³-hybridized carbons (Fsp3) is 0.429. The second-order valence-electron chi connectivity index (χ2n) is 8.23. The normalized spacial score (nSPS) is 24.8. The number of pyridine rings is 1. The third kappa shape index (κ3) is 2.76. The maximum absolute atomic E-state index is 9.01. The Morgan fingerprint density at radius 1 is 1.11 bits per heavy atom. The van der Waals surface area contributed by atoms with Crippen molar-refractivity contribution < 1.29 is 0 Å². The van der Waals surface area contributed by atoms with E-state index in [1.54, 1.807) is 12.5 Å². The summed E-state index contributed by atoms with van der Waals surface area (Å²) < 4.78 is 0. The van der Waals surface area contributed by atoms with Crippen molar-refractivity contribution in [1.29, 1.82) is 5.26 Å². The smallest absolute Gasteiger partial charge is 0.142 e. The van der Waals surface area contributed by atoms with Gasteiger partial charge in [0.05, 0.1) is 10.9 Å². The maximum Gasteiger partial charge on any atom is 0.142 e. The molecule has 7 nitrogen and oxygen atoms in total. The monoisotopic (exact) mass is 373 g/mol. The quantitative estimate of drug-likeness (QED) is 0.743. The molecule has 5 rings (SSSR count). The van der Waals surface area contributed by atoms with E-state index in [1.165, 1.54) is 12.8 Å². The average molecular weight is 373 g/mol. The molecule has 0 aliphatic carbocycles. The van der Waals surface area contributed by atoms with Gasteiger partial charge in [-0.25, -0.2) is 15.0 Å². The van der Waals surface area contributed by atoms with Gasteiger partial charge in [0.1, 0.15) is 29.7 Å². The summed E-state index contributed by atoms with van der Waals surface area (Å²) in [6.07, 6.45) is 7.60. The lowest BCUT2D eigenvalue weighted by Crippen LogP contribution is -2.57. The van der Waals surface area contributed by atoms with E-state index in [9.17, 15) is 0 Å². The van der Waals surface area contributed by atoms with Gasteiger partial charge >= 0.3 is 0 Å². The zero-order chi connectivity index (χ0) is 19.1. The summed E-state index contributed by atoms with van der Waals surface area (Å²) in [5.74, 6) is 2.70.